The number of hydrazine groups is 1. The average molecular weight is 346 g/mol. The van der Waals surface area contributed by atoms with E-state index in [4.69, 9.17) is 21.1 Å². The molecule has 0 atom stereocenters. The van der Waals surface area contributed by atoms with Gasteiger partial charge in [-0.2, -0.15) is 0 Å². The summed E-state index contributed by atoms with van der Waals surface area (Å²) in [6, 6.07) is 3.14. The maximum Gasteiger partial charge on any atom is 0.223 e. The van der Waals surface area contributed by atoms with Gasteiger partial charge >= 0.3 is 0 Å². The summed E-state index contributed by atoms with van der Waals surface area (Å²) in [4.78, 5) is 12.4. The van der Waals surface area contributed by atoms with Crippen LogP contribution in [0.2, 0.25) is 0 Å². The minimum atomic E-state index is 0.0709. The van der Waals surface area contributed by atoms with Crippen molar-refractivity contribution in [2.24, 2.45) is 11.6 Å². The smallest absolute Gasteiger partial charge is 0.223 e. The fourth-order valence-corrected chi connectivity index (χ4v) is 2.13. The molecule has 0 aliphatic carbocycles. The van der Waals surface area contributed by atoms with Gasteiger partial charge in [0, 0.05) is 7.05 Å². The van der Waals surface area contributed by atoms with Crippen molar-refractivity contribution in [2.75, 3.05) is 20.8 Å². The van der Waals surface area contributed by atoms with Crippen LogP contribution in [-0.4, -0.2) is 45.8 Å². The highest BCUT2D eigenvalue weighted by Crippen LogP contribution is 2.23. The Balaban J connectivity index is 2.30. The van der Waals surface area contributed by atoms with Crippen molar-refractivity contribution in [3.8, 4) is 17.5 Å². The monoisotopic (exact) mass is 346 g/mol. The Morgan fingerprint density at radius 2 is 1.92 bits per heavy atom. The Morgan fingerprint density at radius 3 is 2.52 bits per heavy atom. The number of pyridine rings is 1. The first-order valence-corrected chi connectivity index (χ1v) is 7.47. The zero-order chi connectivity index (χ0) is 18.6. The number of aromatic nitrogens is 3. The van der Waals surface area contributed by atoms with Crippen LogP contribution in [0.4, 0.5) is 0 Å². The molecular formula is C16H22N6O3. The molecule has 0 saturated carbocycles. The number of likely N-dealkylation sites (N-methyl/N-ethyl adjacent to an activating group) is 1. The number of ether oxygens (including phenoxy) is 2. The Kier molecular flexibility index (Phi) is 5.60. The zero-order valence-corrected chi connectivity index (χ0v) is 14.6. The van der Waals surface area contributed by atoms with E-state index in [1.807, 2.05) is 0 Å². The summed E-state index contributed by atoms with van der Waals surface area (Å²) < 4.78 is 10.9. The van der Waals surface area contributed by atoms with E-state index in [0.29, 0.717) is 40.1 Å². The van der Waals surface area contributed by atoms with Crippen molar-refractivity contribution in [3.05, 3.63) is 41.1 Å². The fraction of sp³-hybridized carbons (Fsp3) is 0.312. The summed E-state index contributed by atoms with van der Waals surface area (Å²) in [5.74, 6) is 6.78. The van der Waals surface area contributed by atoms with Gasteiger partial charge in [-0.3, -0.25) is 0 Å². The van der Waals surface area contributed by atoms with Gasteiger partial charge in [0.2, 0.25) is 11.8 Å². The van der Waals surface area contributed by atoms with Crippen LogP contribution in [-0.2, 0) is 0 Å². The molecule has 2 rings (SSSR count). The van der Waals surface area contributed by atoms with Gasteiger partial charge in [0.05, 0.1) is 35.5 Å². The predicted molar refractivity (Wildman–Crippen MR) is 92.5 cm³/mol. The molecule has 9 heteroatoms. The molecular weight excluding hydrogens is 324 g/mol. The van der Waals surface area contributed by atoms with Crippen LogP contribution in [0, 0.1) is 13.8 Å². The number of aryl methyl sites for hydroxylation is 1. The van der Waals surface area contributed by atoms with Crippen LogP contribution in [0.1, 0.15) is 17.0 Å². The summed E-state index contributed by atoms with van der Waals surface area (Å²) in [5, 5.41) is 11.0. The Bertz CT molecular complexity index is 791. The lowest BCUT2D eigenvalue weighted by Crippen LogP contribution is -2.31. The summed E-state index contributed by atoms with van der Waals surface area (Å²) in [6.07, 6.45) is 1.35. The summed E-state index contributed by atoms with van der Waals surface area (Å²) >= 11 is 0. The molecule has 0 bridgehead atoms. The molecule has 134 valence electrons. The SMILES string of the molecule is COc1ncnc(OC/C(=C(/N)c2ccc(O)c(C)n2)N(C)N)c1C. The normalized spacial score (nSPS) is 11.7. The molecule has 0 aliphatic heterocycles. The van der Waals surface area contributed by atoms with E-state index in [1.165, 1.54) is 24.5 Å². The van der Waals surface area contributed by atoms with Gasteiger partial charge in [-0.05, 0) is 26.0 Å². The Hall–Kier alpha value is -3.07. The molecule has 0 fully saturated rings. The van der Waals surface area contributed by atoms with Crippen LogP contribution >= 0.6 is 0 Å². The highest BCUT2D eigenvalue weighted by atomic mass is 16.5. The second kappa shape index (κ2) is 7.67. The van der Waals surface area contributed by atoms with E-state index >= 15 is 0 Å². The third kappa shape index (κ3) is 4.07. The first-order chi connectivity index (χ1) is 11.8. The van der Waals surface area contributed by atoms with Gasteiger partial charge in [0.15, 0.2) is 0 Å². The molecule has 25 heavy (non-hydrogen) atoms. The van der Waals surface area contributed by atoms with Crippen molar-refractivity contribution in [3.63, 3.8) is 0 Å². The van der Waals surface area contributed by atoms with Crippen molar-refractivity contribution >= 4 is 5.70 Å². The first kappa shape index (κ1) is 18.3. The van der Waals surface area contributed by atoms with Crippen LogP contribution in [0.25, 0.3) is 5.70 Å². The molecule has 2 heterocycles. The average Bonchev–Trinajstić information content (AvgIpc) is 2.58. The Morgan fingerprint density at radius 1 is 1.24 bits per heavy atom. The van der Waals surface area contributed by atoms with E-state index < -0.39 is 0 Å². The lowest BCUT2D eigenvalue weighted by atomic mass is 10.2. The van der Waals surface area contributed by atoms with Crippen molar-refractivity contribution in [1.82, 2.24) is 20.0 Å². The number of aromatic hydroxyl groups is 1. The lowest BCUT2D eigenvalue weighted by molar-refractivity contribution is 0.282. The van der Waals surface area contributed by atoms with Gasteiger partial charge in [-0.1, -0.05) is 0 Å². The van der Waals surface area contributed by atoms with Gasteiger partial charge in [-0.15, -0.1) is 0 Å². The molecule has 5 N–H and O–H groups in total. The largest absolute Gasteiger partial charge is 0.506 e. The maximum absolute atomic E-state index is 9.60. The third-order valence-electron chi connectivity index (χ3n) is 3.60. The van der Waals surface area contributed by atoms with Crippen LogP contribution in [0.3, 0.4) is 0 Å². The zero-order valence-electron chi connectivity index (χ0n) is 14.6. The number of methoxy groups -OCH3 is 1. The van der Waals surface area contributed by atoms with Crippen LogP contribution in [0.15, 0.2) is 24.2 Å². The van der Waals surface area contributed by atoms with E-state index in [9.17, 15) is 5.11 Å². The number of hydrogen-bond donors (Lipinski definition) is 3. The quantitative estimate of drug-likeness (QED) is 0.511. The second-order valence-electron chi connectivity index (χ2n) is 5.37. The molecule has 0 unspecified atom stereocenters. The molecule has 0 radical (unpaired) electrons. The van der Waals surface area contributed by atoms with Crippen LogP contribution < -0.4 is 21.1 Å². The number of hydrogen-bond acceptors (Lipinski definition) is 9. The number of rotatable bonds is 6. The third-order valence-corrected chi connectivity index (χ3v) is 3.60. The number of nitrogens with zero attached hydrogens (tertiary/aromatic N) is 4. The van der Waals surface area contributed by atoms with Gasteiger partial charge < -0.3 is 25.3 Å². The van der Waals surface area contributed by atoms with Gasteiger partial charge in [0.1, 0.15) is 18.7 Å². The van der Waals surface area contributed by atoms with E-state index in [1.54, 1.807) is 27.0 Å². The molecule has 0 aliphatic rings. The van der Waals surface area contributed by atoms with E-state index in [0.717, 1.165) is 0 Å². The van der Waals surface area contributed by atoms with E-state index in [-0.39, 0.29) is 12.4 Å². The van der Waals surface area contributed by atoms with Crippen LogP contribution in [0.5, 0.6) is 17.5 Å². The highest BCUT2D eigenvalue weighted by molar-refractivity contribution is 5.63. The highest BCUT2D eigenvalue weighted by Gasteiger charge is 2.15. The summed E-state index contributed by atoms with van der Waals surface area (Å²) in [7, 11) is 3.17. The number of nitrogens with two attached hydrogens (primary N) is 2. The molecule has 0 aromatic carbocycles. The van der Waals surface area contributed by atoms with Crippen molar-refractivity contribution in [2.45, 2.75) is 13.8 Å². The Labute approximate surface area is 145 Å². The molecule has 9 nitrogen and oxygen atoms in total. The maximum atomic E-state index is 9.60. The predicted octanol–water partition coefficient (Wildman–Crippen LogP) is 0.714. The van der Waals surface area contributed by atoms with Gasteiger partial charge in [0.25, 0.3) is 0 Å². The minimum absolute atomic E-state index is 0.0709. The fourth-order valence-electron chi connectivity index (χ4n) is 2.13. The molecule has 0 spiro atoms. The molecule has 2 aromatic rings. The standard InChI is InChI=1S/C16H22N6O3/c1-9-15(24-4)19-8-20-16(9)25-7-12(22(3)18)14(17)11-5-6-13(23)10(2)21-11/h5-6,8,23H,7,17-18H2,1-4H3/b14-12-. The molecule has 0 amide bonds. The second-order valence-corrected chi connectivity index (χ2v) is 5.37. The minimum Gasteiger partial charge on any atom is -0.506 e. The topological polar surface area (TPSA) is 133 Å². The summed E-state index contributed by atoms with van der Waals surface area (Å²) in [6.45, 7) is 3.55. The van der Waals surface area contributed by atoms with Crippen molar-refractivity contribution in [1.29, 1.82) is 0 Å². The summed E-state index contributed by atoms with van der Waals surface area (Å²) in [5.41, 5.74) is 8.67. The molecule has 2 aromatic heterocycles. The van der Waals surface area contributed by atoms with Crippen molar-refractivity contribution < 1.29 is 14.6 Å². The van der Waals surface area contributed by atoms with E-state index in [2.05, 4.69) is 15.0 Å². The molecule has 0 saturated heterocycles. The van der Waals surface area contributed by atoms with Gasteiger partial charge in [-0.25, -0.2) is 20.8 Å². The first-order valence-electron chi connectivity index (χ1n) is 7.47. The lowest BCUT2D eigenvalue weighted by Gasteiger charge is -2.20.